The van der Waals surface area contributed by atoms with Crippen LogP contribution in [-0.4, -0.2) is 11.6 Å². The molecule has 0 atom stereocenters. The van der Waals surface area contributed by atoms with E-state index in [0.717, 1.165) is 8.66 Å². The second-order valence-corrected chi connectivity index (χ2v) is 7.35. The van der Waals surface area contributed by atoms with Crippen molar-refractivity contribution in [2.24, 2.45) is 5.41 Å². The van der Waals surface area contributed by atoms with Crippen LogP contribution < -0.4 is 0 Å². The summed E-state index contributed by atoms with van der Waals surface area (Å²) in [5.74, 6) is -0.242. The van der Waals surface area contributed by atoms with Gasteiger partial charge in [0.2, 0.25) is 0 Å². The molecule has 0 amide bonds. The summed E-state index contributed by atoms with van der Waals surface area (Å²) in [7, 11) is 0. The summed E-state index contributed by atoms with van der Waals surface area (Å²) in [4.78, 5) is 24.7. The van der Waals surface area contributed by atoms with E-state index in [9.17, 15) is 9.59 Å². The minimum Gasteiger partial charge on any atom is -0.491 e. The lowest BCUT2D eigenvalue weighted by Gasteiger charge is -2.29. The smallest absolute Gasteiger partial charge is 0.192 e. The first kappa shape index (κ1) is 14.2. The Bertz CT molecular complexity index is 596. The van der Waals surface area contributed by atoms with Gasteiger partial charge in [-0.3, -0.25) is 9.59 Å². The molecule has 3 nitrogen and oxygen atoms in total. The van der Waals surface area contributed by atoms with Gasteiger partial charge in [-0.2, -0.15) is 0 Å². The van der Waals surface area contributed by atoms with E-state index >= 15 is 0 Å². The van der Waals surface area contributed by atoms with Crippen molar-refractivity contribution >= 4 is 38.8 Å². The summed E-state index contributed by atoms with van der Waals surface area (Å²) < 4.78 is 6.67. The molecule has 1 aromatic rings. The lowest BCUT2D eigenvalue weighted by Crippen LogP contribution is -2.35. The molecular weight excluding hydrogens is 328 g/mol. The van der Waals surface area contributed by atoms with Crippen molar-refractivity contribution in [1.29, 1.82) is 0 Å². The molecule has 1 aromatic heterocycles. The molecule has 0 aromatic carbocycles. The highest BCUT2D eigenvalue weighted by Crippen LogP contribution is 2.36. The van der Waals surface area contributed by atoms with Crippen molar-refractivity contribution in [2.45, 2.75) is 20.5 Å². The number of Topliss-reactive ketones (excluding diaryl/α,β-unsaturated/α-hetero) is 1. The third-order valence-corrected chi connectivity index (χ3v) is 4.61. The normalized spacial score (nSPS) is 18.5. The number of carbonyl (C=O) groups is 2. The van der Waals surface area contributed by atoms with Gasteiger partial charge in [0.15, 0.2) is 11.6 Å². The molecular formula is C14H13BrO3S. The summed E-state index contributed by atoms with van der Waals surface area (Å²) in [5.41, 5.74) is -0.810. The molecule has 1 aliphatic rings. The standard InChI is InChI=1S/C14H13BrO3S/c1-8-10(16)6-11(14(2,3)13(8)17)18-7-9-4-5-12(15)19-9/h4-6H,1,7H2,2-3H3. The quantitative estimate of drug-likeness (QED) is 0.623. The van der Waals surface area contributed by atoms with Crippen LogP contribution >= 0.6 is 27.3 Å². The Hall–Kier alpha value is -1.20. The van der Waals surface area contributed by atoms with Gasteiger partial charge in [0.05, 0.1) is 14.8 Å². The molecule has 0 N–H and O–H groups in total. The minimum atomic E-state index is -0.834. The fraction of sp³-hybridized carbons (Fsp3) is 0.286. The summed E-state index contributed by atoms with van der Waals surface area (Å²) in [6, 6.07) is 3.87. The first-order chi connectivity index (χ1) is 8.82. The molecule has 0 spiro atoms. The highest BCUT2D eigenvalue weighted by Gasteiger charge is 2.41. The Morgan fingerprint density at radius 2 is 2.05 bits per heavy atom. The van der Waals surface area contributed by atoms with Crippen molar-refractivity contribution in [1.82, 2.24) is 0 Å². The second kappa shape index (κ2) is 5.06. The first-order valence-corrected chi connectivity index (χ1v) is 7.30. The number of carbonyl (C=O) groups excluding carboxylic acids is 2. The molecule has 2 rings (SSSR count). The lowest BCUT2D eigenvalue weighted by molar-refractivity contribution is -0.127. The molecule has 1 aliphatic carbocycles. The van der Waals surface area contributed by atoms with E-state index < -0.39 is 5.41 Å². The molecule has 19 heavy (non-hydrogen) atoms. The monoisotopic (exact) mass is 340 g/mol. The molecule has 1 heterocycles. The highest BCUT2D eigenvalue weighted by atomic mass is 79.9. The van der Waals surface area contributed by atoms with Crippen molar-refractivity contribution in [2.75, 3.05) is 0 Å². The SMILES string of the molecule is C=C1C(=O)C=C(OCc2ccc(Br)s2)C(C)(C)C1=O. The number of thiophene rings is 1. The van der Waals surface area contributed by atoms with Gasteiger partial charge in [-0.1, -0.05) is 6.58 Å². The topological polar surface area (TPSA) is 43.4 Å². The molecule has 0 unspecified atom stereocenters. The van der Waals surface area contributed by atoms with Crippen LogP contribution in [0.25, 0.3) is 0 Å². The fourth-order valence-corrected chi connectivity index (χ4v) is 3.18. The third kappa shape index (κ3) is 2.72. The van der Waals surface area contributed by atoms with Crippen molar-refractivity contribution in [3.05, 3.63) is 44.8 Å². The van der Waals surface area contributed by atoms with Crippen LogP contribution in [0.3, 0.4) is 0 Å². The summed E-state index contributed by atoms with van der Waals surface area (Å²) in [6.07, 6.45) is 1.37. The van der Waals surface area contributed by atoms with E-state index in [4.69, 9.17) is 4.74 Å². The fourth-order valence-electron chi connectivity index (χ4n) is 1.79. The van der Waals surface area contributed by atoms with Gasteiger partial charge < -0.3 is 4.74 Å². The number of hydrogen-bond donors (Lipinski definition) is 0. The maximum Gasteiger partial charge on any atom is 0.192 e. The van der Waals surface area contributed by atoms with E-state index in [1.165, 1.54) is 6.08 Å². The van der Waals surface area contributed by atoms with E-state index in [1.54, 1.807) is 25.2 Å². The molecule has 5 heteroatoms. The summed E-state index contributed by atoms with van der Waals surface area (Å²) >= 11 is 4.93. The van der Waals surface area contributed by atoms with Gasteiger partial charge in [0.1, 0.15) is 12.4 Å². The van der Waals surface area contributed by atoms with Gasteiger partial charge >= 0.3 is 0 Å². The number of ether oxygens (including phenoxy) is 1. The zero-order valence-electron chi connectivity index (χ0n) is 10.7. The Labute approximate surface area is 124 Å². The van der Waals surface area contributed by atoms with E-state index in [2.05, 4.69) is 22.5 Å². The Kier molecular flexibility index (Phi) is 3.78. The zero-order valence-corrected chi connectivity index (χ0v) is 13.1. The molecule has 0 saturated carbocycles. The van der Waals surface area contributed by atoms with Gasteiger partial charge in [0.25, 0.3) is 0 Å². The predicted octanol–water partition coefficient (Wildman–Crippen LogP) is 3.65. The van der Waals surface area contributed by atoms with Crippen LogP contribution in [0.1, 0.15) is 18.7 Å². The van der Waals surface area contributed by atoms with Crippen LogP contribution in [0, 0.1) is 5.41 Å². The maximum absolute atomic E-state index is 12.0. The predicted molar refractivity (Wildman–Crippen MR) is 77.8 cm³/mol. The molecule has 0 aliphatic heterocycles. The van der Waals surface area contributed by atoms with Gasteiger partial charge in [-0.25, -0.2) is 0 Å². The number of halogens is 1. The molecule has 0 radical (unpaired) electrons. The molecule has 0 fully saturated rings. The molecule has 0 saturated heterocycles. The van der Waals surface area contributed by atoms with Crippen molar-refractivity contribution in [3.8, 4) is 0 Å². The van der Waals surface area contributed by atoms with E-state index in [-0.39, 0.29) is 17.1 Å². The summed E-state index contributed by atoms with van der Waals surface area (Å²) in [5, 5.41) is 0. The molecule has 0 bridgehead atoms. The van der Waals surface area contributed by atoms with Crippen molar-refractivity contribution < 1.29 is 14.3 Å². The zero-order chi connectivity index (χ0) is 14.2. The average molecular weight is 341 g/mol. The second-order valence-electron chi connectivity index (χ2n) is 4.80. The lowest BCUT2D eigenvalue weighted by atomic mass is 9.77. The van der Waals surface area contributed by atoms with Gasteiger partial charge in [0, 0.05) is 11.0 Å². The number of allylic oxidation sites excluding steroid dienone is 3. The number of ketones is 2. The minimum absolute atomic E-state index is 0.0243. The highest BCUT2D eigenvalue weighted by molar-refractivity contribution is 9.11. The average Bonchev–Trinajstić information content (AvgIpc) is 2.76. The largest absolute Gasteiger partial charge is 0.491 e. The molecule has 100 valence electrons. The Balaban J connectivity index is 2.19. The van der Waals surface area contributed by atoms with Crippen molar-refractivity contribution in [3.63, 3.8) is 0 Å². The Morgan fingerprint density at radius 1 is 1.37 bits per heavy atom. The Morgan fingerprint density at radius 3 is 2.63 bits per heavy atom. The van der Waals surface area contributed by atoms with Crippen LogP contribution in [0.5, 0.6) is 0 Å². The van der Waals surface area contributed by atoms with Crippen LogP contribution in [0.15, 0.2) is 39.9 Å². The van der Waals surface area contributed by atoms with Gasteiger partial charge in [-0.05, 0) is 41.9 Å². The number of rotatable bonds is 3. The summed E-state index contributed by atoms with van der Waals surface area (Å²) in [6.45, 7) is 7.35. The number of hydrogen-bond acceptors (Lipinski definition) is 4. The maximum atomic E-state index is 12.0. The van der Waals surface area contributed by atoms with Gasteiger partial charge in [-0.15, -0.1) is 11.3 Å². The first-order valence-electron chi connectivity index (χ1n) is 5.69. The van der Waals surface area contributed by atoms with Crippen LogP contribution in [-0.2, 0) is 20.9 Å². The van der Waals surface area contributed by atoms with Crippen LogP contribution in [0.4, 0.5) is 0 Å². The van der Waals surface area contributed by atoms with E-state index in [0.29, 0.717) is 12.4 Å². The third-order valence-electron chi connectivity index (χ3n) is 3.02. The van der Waals surface area contributed by atoms with E-state index in [1.807, 2.05) is 12.1 Å². The van der Waals surface area contributed by atoms with Crippen LogP contribution in [0.2, 0.25) is 0 Å².